The largest absolute Gasteiger partial charge is 0.421 e. The lowest BCUT2D eigenvalue weighted by Gasteiger charge is -2.31. The fraction of sp³-hybridized carbons (Fsp3) is 0.211. The maximum Gasteiger partial charge on any atom is 0.341 e. The lowest BCUT2D eigenvalue weighted by molar-refractivity contribution is -0.154. The number of hydrogen-bond donors (Lipinski definition) is 0. The number of Topliss-reactive ketones (excluding diaryl/α,β-unsaturated/α-hetero) is 1. The van der Waals surface area contributed by atoms with Gasteiger partial charge in [0.1, 0.15) is 5.78 Å². The minimum Gasteiger partial charge on any atom is -0.421 e. The zero-order valence-electron chi connectivity index (χ0n) is 12.9. The molecule has 122 valence electrons. The average molecular weight is 324 g/mol. The molecule has 1 aliphatic carbocycles. The third-order valence-electron chi connectivity index (χ3n) is 3.91. The standard InChI is InChI=1S/C19H16O5/c20-16-12-11-15(16)19(23-17(21)13-7-3-1-4-8-13)24-18(22)14-9-5-2-6-10-14/h1-10,15,19H,11-12H2. The molecule has 3 rings (SSSR count). The van der Waals surface area contributed by atoms with E-state index in [0.29, 0.717) is 24.0 Å². The maximum absolute atomic E-state index is 12.2. The summed E-state index contributed by atoms with van der Waals surface area (Å²) in [6.07, 6.45) is -0.257. The van der Waals surface area contributed by atoms with Crippen LogP contribution in [0.15, 0.2) is 60.7 Å². The molecule has 1 fully saturated rings. The Hall–Kier alpha value is -2.95. The highest BCUT2D eigenvalue weighted by molar-refractivity contribution is 5.92. The van der Waals surface area contributed by atoms with Gasteiger partial charge in [0.05, 0.1) is 17.0 Å². The molecule has 0 heterocycles. The van der Waals surface area contributed by atoms with Gasteiger partial charge < -0.3 is 9.47 Å². The zero-order valence-corrected chi connectivity index (χ0v) is 12.9. The first-order valence-corrected chi connectivity index (χ1v) is 7.70. The summed E-state index contributed by atoms with van der Waals surface area (Å²) >= 11 is 0. The van der Waals surface area contributed by atoms with Gasteiger partial charge >= 0.3 is 11.9 Å². The van der Waals surface area contributed by atoms with Crippen LogP contribution in [0.1, 0.15) is 33.6 Å². The second-order valence-corrected chi connectivity index (χ2v) is 5.52. The predicted octanol–water partition coefficient (Wildman–Crippen LogP) is 3.01. The number of ketones is 1. The van der Waals surface area contributed by atoms with Crippen molar-refractivity contribution in [1.29, 1.82) is 0 Å². The Morgan fingerprint density at radius 2 is 1.29 bits per heavy atom. The van der Waals surface area contributed by atoms with Crippen molar-refractivity contribution in [3.63, 3.8) is 0 Å². The fourth-order valence-electron chi connectivity index (χ4n) is 2.40. The molecule has 0 saturated heterocycles. The third kappa shape index (κ3) is 3.51. The van der Waals surface area contributed by atoms with Crippen LogP contribution in [0, 0.1) is 5.92 Å². The molecular formula is C19H16O5. The number of benzene rings is 2. The van der Waals surface area contributed by atoms with Crippen molar-refractivity contribution in [2.24, 2.45) is 5.92 Å². The first-order chi connectivity index (χ1) is 11.6. The van der Waals surface area contributed by atoms with E-state index in [1.54, 1.807) is 60.7 Å². The lowest BCUT2D eigenvalue weighted by Crippen LogP contribution is -2.42. The van der Waals surface area contributed by atoms with Crippen molar-refractivity contribution in [1.82, 2.24) is 0 Å². The molecule has 2 aromatic carbocycles. The zero-order chi connectivity index (χ0) is 16.9. The molecular weight excluding hydrogens is 308 g/mol. The summed E-state index contributed by atoms with van der Waals surface area (Å²) in [7, 11) is 0. The Kier molecular flexibility index (Phi) is 4.70. The topological polar surface area (TPSA) is 69.7 Å². The SMILES string of the molecule is O=C(OC(OC(=O)c1ccccc1)C1CCC1=O)c1ccccc1. The van der Waals surface area contributed by atoms with Crippen LogP contribution in [0.5, 0.6) is 0 Å². The van der Waals surface area contributed by atoms with E-state index < -0.39 is 24.1 Å². The van der Waals surface area contributed by atoms with Crippen LogP contribution in [0.25, 0.3) is 0 Å². The van der Waals surface area contributed by atoms with Gasteiger partial charge in [-0.05, 0) is 30.7 Å². The number of rotatable bonds is 5. The highest BCUT2D eigenvalue weighted by atomic mass is 16.7. The van der Waals surface area contributed by atoms with Crippen LogP contribution in [-0.2, 0) is 14.3 Å². The smallest absolute Gasteiger partial charge is 0.341 e. The number of carbonyl (C=O) groups is 3. The van der Waals surface area contributed by atoms with Crippen molar-refractivity contribution in [3.05, 3.63) is 71.8 Å². The molecule has 24 heavy (non-hydrogen) atoms. The monoisotopic (exact) mass is 324 g/mol. The van der Waals surface area contributed by atoms with Gasteiger partial charge in [-0.1, -0.05) is 36.4 Å². The van der Waals surface area contributed by atoms with E-state index in [9.17, 15) is 14.4 Å². The first kappa shape index (κ1) is 15.9. The molecule has 1 atom stereocenters. The van der Waals surface area contributed by atoms with E-state index in [2.05, 4.69) is 0 Å². The van der Waals surface area contributed by atoms with Gasteiger partial charge in [0.15, 0.2) is 0 Å². The second-order valence-electron chi connectivity index (χ2n) is 5.52. The quantitative estimate of drug-likeness (QED) is 0.624. The normalized spacial score (nSPS) is 16.4. The number of ether oxygens (including phenoxy) is 2. The van der Waals surface area contributed by atoms with Gasteiger partial charge in [0.25, 0.3) is 6.29 Å². The molecule has 0 radical (unpaired) electrons. The highest BCUT2D eigenvalue weighted by Gasteiger charge is 2.40. The molecule has 0 aliphatic heterocycles. The number of esters is 2. The molecule has 0 amide bonds. The van der Waals surface area contributed by atoms with E-state index >= 15 is 0 Å². The Balaban J connectivity index is 1.73. The Morgan fingerprint density at radius 3 is 1.62 bits per heavy atom. The predicted molar refractivity (Wildman–Crippen MR) is 85.2 cm³/mol. The van der Waals surface area contributed by atoms with E-state index in [1.807, 2.05) is 0 Å². The molecule has 0 aromatic heterocycles. The molecule has 0 N–H and O–H groups in total. The van der Waals surface area contributed by atoms with Crippen LogP contribution in [0.2, 0.25) is 0 Å². The maximum atomic E-state index is 12.2. The van der Waals surface area contributed by atoms with Crippen molar-refractivity contribution in [2.75, 3.05) is 0 Å². The van der Waals surface area contributed by atoms with Gasteiger partial charge in [-0.15, -0.1) is 0 Å². The Bertz CT molecular complexity index is 685. The number of carbonyl (C=O) groups excluding carboxylic acids is 3. The molecule has 1 aliphatic rings. The summed E-state index contributed by atoms with van der Waals surface area (Å²) < 4.78 is 10.6. The molecule has 2 aromatic rings. The van der Waals surface area contributed by atoms with Crippen molar-refractivity contribution in [3.8, 4) is 0 Å². The van der Waals surface area contributed by atoms with E-state index in [-0.39, 0.29) is 5.78 Å². The van der Waals surface area contributed by atoms with E-state index in [1.165, 1.54) is 0 Å². The molecule has 0 bridgehead atoms. The second kappa shape index (κ2) is 7.08. The van der Waals surface area contributed by atoms with Gasteiger partial charge in [0.2, 0.25) is 0 Å². The summed E-state index contributed by atoms with van der Waals surface area (Å²) in [5.74, 6) is -1.91. The number of hydrogen-bond acceptors (Lipinski definition) is 5. The van der Waals surface area contributed by atoms with Crippen LogP contribution in [0.4, 0.5) is 0 Å². The molecule has 0 spiro atoms. The van der Waals surface area contributed by atoms with Crippen LogP contribution in [-0.4, -0.2) is 24.0 Å². The summed E-state index contributed by atoms with van der Waals surface area (Å²) in [5, 5.41) is 0. The van der Waals surface area contributed by atoms with Gasteiger partial charge in [-0.3, -0.25) is 4.79 Å². The van der Waals surface area contributed by atoms with Crippen LogP contribution < -0.4 is 0 Å². The molecule has 5 heteroatoms. The summed E-state index contributed by atoms with van der Waals surface area (Å²) in [4.78, 5) is 36.1. The third-order valence-corrected chi connectivity index (χ3v) is 3.91. The minimum absolute atomic E-state index is 0.0678. The molecule has 1 saturated carbocycles. The van der Waals surface area contributed by atoms with Gasteiger partial charge in [-0.2, -0.15) is 0 Å². The Morgan fingerprint density at radius 1 is 0.833 bits per heavy atom. The van der Waals surface area contributed by atoms with Crippen molar-refractivity contribution >= 4 is 17.7 Å². The van der Waals surface area contributed by atoms with Crippen molar-refractivity contribution < 1.29 is 23.9 Å². The minimum atomic E-state index is -1.20. The van der Waals surface area contributed by atoms with Gasteiger partial charge in [0, 0.05) is 6.42 Å². The lowest BCUT2D eigenvalue weighted by atomic mass is 9.83. The first-order valence-electron chi connectivity index (χ1n) is 7.70. The average Bonchev–Trinajstić information content (AvgIpc) is 2.61. The summed E-state index contributed by atoms with van der Waals surface area (Å²) in [6.45, 7) is 0. The Labute approximate surface area is 139 Å². The van der Waals surface area contributed by atoms with E-state index in [0.717, 1.165) is 0 Å². The molecule has 1 unspecified atom stereocenters. The van der Waals surface area contributed by atoms with E-state index in [4.69, 9.17) is 9.47 Å². The van der Waals surface area contributed by atoms with Gasteiger partial charge in [-0.25, -0.2) is 9.59 Å². The summed E-state index contributed by atoms with van der Waals surface area (Å²) in [5.41, 5.74) is 0.676. The van der Waals surface area contributed by atoms with Crippen LogP contribution >= 0.6 is 0 Å². The molecule has 5 nitrogen and oxygen atoms in total. The van der Waals surface area contributed by atoms with Crippen LogP contribution in [0.3, 0.4) is 0 Å². The van der Waals surface area contributed by atoms with Crippen molar-refractivity contribution in [2.45, 2.75) is 19.1 Å². The summed E-state index contributed by atoms with van der Waals surface area (Å²) in [6, 6.07) is 16.8. The highest BCUT2D eigenvalue weighted by Crippen LogP contribution is 2.29. The fourth-order valence-corrected chi connectivity index (χ4v) is 2.40.